The minimum absolute atomic E-state index is 0.0518. The van der Waals surface area contributed by atoms with E-state index in [1.807, 2.05) is 18.4 Å². The number of rotatable bonds is 6. The lowest BCUT2D eigenvalue weighted by Gasteiger charge is -2.37. The van der Waals surface area contributed by atoms with E-state index in [0.29, 0.717) is 19.6 Å². The molecule has 0 radical (unpaired) electrons. The van der Waals surface area contributed by atoms with Gasteiger partial charge in [-0.15, -0.1) is 0 Å². The fraction of sp³-hybridized carbons (Fsp3) is 0.524. The van der Waals surface area contributed by atoms with Crippen LogP contribution >= 0.6 is 0 Å². The molecule has 2 aliphatic rings. The summed E-state index contributed by atoms with van der Waals surface area (Å²) in [7, 11) is 0. The summed E-state index contributed by atoms with van der Waals surface area (Å²) in [6.45, 7) is 9.10. The second kappa shape index (κ2) is 8.03. The van der Waals surface area contributed by atoms with E-state index in [-0.39, 0.29) is 29.6 Å². The molecule has 6 heteroatoms. The van der Waals surface area contributed by atoms with Crippen molar-refractivity contribution in [2.75, 3.05) is 19.8 Å². The molecule has 2 heterocycles. The van der Waals surface area contributed by atoms with E-state index < -0.39 is 5.97 Å². The number of nitrogens with zero attached hydrogens (tertiary/aromatic N) is 1. The fourth-order valence-corrected chi connectivity index (χ4v) is 3.87. The van der Waals surface area contributed by atoms with Gasteiger partial charge in [-0.1, -0.05) is 5.57 Å². The number of carbonyl (C=O) groups is 1. The first-order chi connectivity index (χ1) is 13.0. The van der Waals surface area contributed by atoms with Crippen LogP contribution in [0.1, 0.15) is 68.5 Å². The molecular weight excluding hydrogens is 346 g/mol. The highest BCUT2D eigenvalue weighted by Gasteiger charge is 2.34. The Morgan fingerprint density at radius 2 is 1.89 bits per heavy atom. The predicted molar refractivity (Wildman–Crippen MR) is 102 cm³/mol. The standard InChI is InChI=1S/C21H27NO5/c1-5-25-19-9-14-8-13(4)22-12-16(21(24)27-7-3)18(23)11-17(22)15(14)10-20(19)26-6-2/h9,11-13,15H,5-8,10H2,1-4H3. The summed E-state index contributed by atoms with van der Waals surface area (Å²) in [5, 5.41) is 0. The molecule has 146 valence electrons. The van der Waals surface area contributed by atoms with Crippen LogP contribution in [0.3, 0.4) is 0 Å². The molecule has 3 rings (SSSR count). The van der Waals surface area contributed by atoms with Gasteiger partial charge in [-0.2, -0.15) is 0 Å². The number of pyridine rings is 1. The Morgan fingerprint density at radius 3 is 2.56 bits per heavy atom. The largest absolute Gasteiger partial charge is 0.494 e. The van der Waals surface area contributed by atoms with Crippen molar-refractivity contribution in [2.45, 2.75) is 52.5 Å². The number of hydrogen-bond acceptors (Lipinski definition) is 5. The lowest BCUT2D eigenvalue weighted by atomic mass is 9.80. The molecule has 0 spiro atoms. The van der Waals surface area contributed by atoms with Crippen LogP contribution in [0.5, 0.6) is 0 Å². The molecule has 0 bridgehead atoms. The topological polar surface area (TPSA) is 66.8 Å². The maximum Gasteiger partial charge on any atom is 0.343 e. The number of hydrogen-bond donors (Lipinski definition) is 0. The highest BCUT2D eigenvalue weighted by atomic mass is 16.5. The van der Waals surface area contributed by atoms with Crippen LogP contribution < -0.4 is 5.43 Å². The van der Waals surface area contributed by atoms with Gasteiger partial charge in [0.25, 0.3) is 0 Å². The Bertz CT molecular complexity index is 849. The molecule has 1 aromatic rings. The van der Waals surface area contributed by atoms with Crippen LogP contribution in [0.25, 0.3) is 0 Å². The third-order valence-electron chi connectivity index (χ3n) is 5.02. The first-order valence-corrected chi connectivity index (χ1v) is 9.62. The van der Waals surface area contributed by atoms with Crippen molar-refractivity contribution in [3.63, 3.8) is 0 Å². The Hall–Kier alpha value is -2.50. The lowest BCUT2D eigenvalue weighted by Crippen LogP contribution is -2.30. The average molecular weight is 373 g/mol. The fourth-order valence-electron chi connectivity index (χ4n) is 3.87. The summed E-state index contributed by atoms with van der Waals surface area (Å²) in [5.74, 6) is 1.09. The van der Waals surface area contributed by atoms with Gasteiger partial charge in [0.2, 0.25) is 0 Å². The van der Waals surface area contributed by atoms with Crippen molar-refractivity contribution in [2.24, 2.45) is 0 Å². The minimum Gasteiger partial charge on any atom is -0.494 e. The molecule has 1 aromatic heterocycles. The van der Waals surface area contributed by atoms with Crippen molar-refractivity contribution < 1.29 is 19.0 Å². The Morgan fingerprint density at radius 1 is 1.15 bits per heavy atom. The number of esters is 1. The Labute approximate surface area is 159 Å². The molecule has 2 atom stereocenters. The van der Waals surface area contributed by atoms with Gasteiger partial charge >= 0.3 is 5.97 Å². The first-order valence-electron chi connectivity index (χ1n) is 9.62. The first kappa shape index (κ1) is 19.3. The molecule has 0 saturated heterocycles. The molecular formula is C21H27NO5. The van der Waals surface area contributed by atoms with Crippen molar-refractivity contribution >= 4 is 5.97 Å². The van der Waals surface area contributed by atoms with Crippen LogP contribution in [0.4, 0.5) is 0 Å². The van der Waals surface area contributed by atoms with Gasteiger partial charge in [0.1, 0.15) is 11.3 Å². The Balaban J connectivity index is 2.04. The molecule has 1 aliphatic carbocycles. The summed E-state index contributed by atoms with van der Waals surface area (Å²) in [4.78, 5) is 24.7. The summed E-state index contributed by atoms with van der Waals surface area (Å²) < 4.78 is 18.6. The normalized spacial score (nSPS) is 21.1. The van der Waals surface area contributed by atoms with E-state index in [0.717, 1.165) is 23.6 Å². The van der Waals surface area contributed by atoms with Crippen molar-refractivity contribution in [3.8, 4) is 0 Å². The van der Waals surface area contributed by atoms with E-state index in [1.54, 1.807) is 19.2 Å². The molecule has 1 aliphatic heterocycles. The van der Waals surface area contributed by atoms with Gasteiger partial charge in [-0.3, -0.25) is 4.79 Å². The van der Waals surface area contributed by atoms with E-state index >= 15 is 0 Å². The van der Waals surface area contributed by atoms with Gasteiger partial charge in [0.05, 0.1) is 19.8 Å². The molecule has 6 nitrogen and oxygen atoms in total. The van der Waals surface area contributed by atoms with E-state index in [2.05, 4.69) is 13.0 Å². The zero-order valence-electron chi connectivity index (χ0n) is 16.4. The molecule has 0 N–H and O–H groups in total. The summed E-state index contributed by atoms with van der Waals surface area (Å²) in [5.41, 5.74) is 1.93. The monoisotopic (exact) mass is 373 g/mol. The zero-order chi connectivity index (χ0) is 19.6. The number of carbonyl (C=O) groups excluding carboxylic acids is 1. The number of ether oxygens (including phenoxy) is 3. The van der Waals surface area contributed by atoms with E-state index in [1.165, 1.54) is 5.57 Å². The molecule has 0 aromatic carbocycles. The third-order valence-corrected chi connectivity index (χ3v) is 5.02. The highest BCUT2D eigenvalue weighted by molar-refractivity contribution is 5.89. The van der Waals surface area contributed by atoms with E-state index in [9.17, 15) is 9.59 Å². The smallest absolute Gasteiger partial charge is 0.343 e. The quantitative estimate of drug-likeness (QED) is 0.712. The lowest BCUT2D eigenvalue weighted by molar-refractivity contribution is 0.0523. The number of fused-ring (bicyclic) bond motifs is 3. The molecule has 27 heavy (non-hydrogen) atoms. The molecule has 2 unspecified atom stereocenters. The van der Waals surface area contributed by atoms with Crippen LogP contribution in [0.15, 0.2) is 40.2 Å². The van der Waals surface area contributed by atoms with Gasteiger partial charge in [-0.05, 0) is 40.2 Å². The molecule has 0 amide bonds. The van der Waals surface area contributed by atoms with Gasteiger partial charge < -0.3 is 18.8 Å². The Kier molecular flexibility index (Phi) is 5.73. The minimum atomic E-state index is -0.566. The van der Waals surface area contributed by atoms with Gasteiger partial charge in [0.15, 0.2) is 11.2 Å². The van der Waals surface area contributed by atoms with Crippen LogP contribution in [0, 0.1) is 0 Å². The molecule has 0 saturated carbocycles. The number of aromatic nitrogens is 1. The second-order valence-electron chi connectivity index (χ2n) is 6.79. The maximum atomic E-state index is 12.6. The van der Waals surface area contributed by atoms with Crippen molar-refractivity contribution in [3.05, 3.63) is 56.9 Å². The van der Waals surface area contributed by atoms with Crippen LogP contribution in [0.2, 0.25) is 0 Å². The highest BCUT2D eigenvalue weighted by Crippen LogP contribution is 2.44. The van der Waals surface area contributed by atoms with Gasteiger partial charge in [-0.25, -0.2) is 4.79 Å². The summed E-state index contributed by atoms with van der Waals surface area (Å²) >= 11 is 0. The average Bonchev–Trinajstić information content (AvgIpc) is 2.63. The zero-order valence-corrected chi connectivity index (χ0v) is 16.4. The maximum absolute atomic E-state index is 12.6. The summed E-state index contributed by atoms with van der Waals surface area (Å²) in [6, 6.07) is 1.71. The predicted octanol–water partition coefficient (Wildman–Crippen LogP) is 3.69. The SMILES string of the molecule is CCOC(=O)c1cn2c(cc1=O)C1CC(OCC)=C(OCC)C=C1CC2C. The van der Waals surface area contributed by atoms with E-state index in [4.69, 9.17) is 14.2 Å². The van der Waals surface area contributed by atoms with Crippen molar-refractivity contribution in [1.82, 2.24) is 4.57 Å². The van der Waals surface area contributed by atoms with Gasteiger partial charge in [0, 0.05) is 36.3 Å². The third kappa shape index (κ3) is 3.66. The van der Waals surface area contributed by atoms with Crippen LogP contribution in [-0.4, -0.2) is 30.4 Å². The van der Waals surface area contributed by atoms with Crippen molar-refractivity contribution in [1.29, 1.82) is 0 Å². The number of allylic oxidation sites excluding steroid dienone is 3. The second-order valence-corrected chi connectivity index (χ2v) is 6.79. The molecule has 0 fully saturated rings. The van der Waals surface area contributed by atoms with Crippen LogP contribution in [-0.2, 0) is 14.2 Å². The summed E-state index contributed by atoms with van der Waals surface area (Å²) in [6.07, 6.45) is 5.20.